The number of hydrogen-bond donors (Lipinski definition) is 1. The van der Waals surface area contributed by atoms with Crippen LogP contribution in [0.2, 0.25) is 0 Å². The van der Waals surface area contributed by atoms with Crippen molar-refractivity contribution in [2.75, 3.05) is 26.3 Å². The molecule has 152 valence electrons. The second-order valence-corrected chi connectivity index (χ2v) is 7.35. The summed E-state index contributed by atoms with van der Waals surface area (Å²) in [5, 5.41) is 2.98. The zero-order chi connectivity index (χ0) is 20.2. The van der Waals surface area contributed by atoms with Gasteiger partial charge in [0.05, 0.1) is 24.2 Å². The number of morpholine rings is 1. The Hall–Kier alpha value is -2.90. The minimum atomic E-state index is -0.186. The molecule has 1 saturated heterocycles. The van der Waals surface area contributed by atoms with Crippen LogP contribution >= 0.6 is 0 Å². The lowest BCUT2D eigenvalue weighted by Crippen LogP contribution is -2.36. The van der Waals surface area contributed by atoms with Gasteiger partial charge in [-0.1, -0.05) is 36.4 Å². The van der Waals surface area contributed by atoms with Gasteiger partial charge in [-0.15, -0.1) is 0 Å². The van der Waals surface area contributed by atoms with Gasteiger partial charge in [-0.3, -0.25) is 18.8 Å². The molecular formula is C22H26N4O3. The molecule has 1 aromatic heterocycles. The van der Waals surface area contributed by atoms with Gasteiger partial charge in [-0.2, -0.15) is 0 Å². The van der Waals surface area contributed by atoms with Crippen LogP contribution in [-0.2, 0) is 36.2 Å². The first-order chi connectivity index (χ1) is 14.1. The van der Waals surface area contributed by atoms with Gasteiger partial charge in [0.2, 0.25) is 5.91 Å². The van der Waals surface area contributed by atoms with Crippen molar-refractivity contribution in [1.29, 1.82) is 0 Å². The first-order valence-electron chi connectivity index (χ1n) is 9.91. The Bertz CT molecular complexity index is 1060. The monoisotopic (exact) mass is 394 g/mol. The van der Waals surface area contributed by atoms with Crippen LogP contribution < -0.4 is 11.0 Å². The first kappa shape index (κ1) is 19.4. The fraction of sp³-hybridized carbons (Fsp3) is 0.364. The molecule has 4 rings (SSSR count). The largest absolute Gasteiger partial charge is 0.379 e. The Balaban J connectivity index is 1.43. The van der Waals surface area contributed by atoms with Crippen LogP contribution in [0.15, 0.2) is 53.3 Å². The van der Waals surface area contributed by atoms with Crippen LogP contribution in [0.5, 0.6) is 0 Å². The molecule has 7 heteroatoms. The number of rotatable bonds is 6. The van der Waals surface area contributed by atoms with E-state index in [-0.39, 0.29) is 18.1 Å². The van der Waals surface area contributed by atoms with Crippen molar-refractivity contribution in [3.05, 3.63) is 70.1 Å². The molecule has 2 heterocycles. The minimum Gasteiger partial charge on any atom is -0.379 e. The van der Waals surface area contributed by atoms with E-state index in [4.69, 9.17) is 4.74 Å². The number of nitrogens with zero attached hydrogens (tertiary/aromatic N) is 3. The SMILES string of the molecule is Cn1c(=O)n(CC(=O)NCc2ccccc2CN2CCOCC2)c2ccccc21. The predicted octanol–water partition coefficient (Wildman–Crippen LogP) is 1.49. The van der Waals surface area contributed by atoms with Gasteiger partial charge in [0.25, 0.3) is 0 Å². The van der Waals surface area contributed by atoms with Crippen LogP contribution in [-0.4, -0.2) is 46.2 Å². The third kappa shape index (κ3) is 4.26. The number of amides is 1. The topological polar surface area (TPSA) is 68.5 Å². The lowest BCUT2D eigenvalue weighted by Gasteiger charge is -2.27. The molecule has 0 unspecified atom stereocenters. The summed E-state index contributed by atoms with van der Waals surface area (Å²) in [5.41, 5.74) is 3.70. The summed E-state index contributed by atoms with van der Waals surface area (Å²) in [6.45, 7) is 4.66. The second-order valence-electron chi connectivity index (χ2n) is 7.35. The number of benzene rings is 2. The van der Waals surface area contributed by atoms with E-state index in [0.29, 0.717) is 6.54 Å². The van der Waals surface area contributed by atoms with E-state index in [0.717, 1.165) is 49.4 Å². The van der Waals surface area contributed by atoms with Gasteiger partial charge in [-0.05, 0) is 23.3 Å². The molecule has 29 heavy (non-hydrogen) atoms. The molecule has 7 nitrogen and oxygen atoms in total. The molecule has 1 fully saturated rings. The summed E-state index contributed by atoms with van der Waals surface area (Å²) in [5.74, 6) is -0.176. The van der Waals surface area contributed by atoms with E-state index in [9.17, 15) is 9.59 Å². The standard InChI is InChI=1S/C22H26N4O3/c1-24-19-8-4-5-9-20(19)26(22(24)28)16-21(27)23-14-17-6-2-3-7-18(17)15-25-10-12-29-13-11-25/h2-9H,10-16H2,1H3,(H,23,27). The number of hydrogen-bond acceptors (Lipinski definition) is 4. The maximum Gasteiger partial charge on any atom is 0.329 e. The molecule has 0 spiro atoms. The van der Waals surface area contributed by atoms with Gasteiger partial charge in [0, 0.05) is 33.2 Å². The van der Waals surface area contributed by atoms with Gasteiger partial charge in [0.15, 0.2) is 0 Å². The van der Waals surface area contributed by atoms with Crippen molar-refractivity contribution in [3.63, 3.8) is 0 Å². The average Bonchev–Trinajstić information content (AvgIpc) is 2.99. The molecule has 1 aliphatic rings. The number of imidazole rings is 1. The van der Waals surface area contributed by atoms with E-state index < -0.39 is 0 Å². The predicted molar refractivity (Wildman–Crippen MR) is 112 cm³/mol. The Labute approximate surface area is 169 Å². The maximum atomic E-state index is 12.6. The van der Waals surface area contributed by atoms with Crippen molar-refractivity contribution >= 4 is 16.9 Å². The maximum absolute atomic E-state index is 12.6. The van der Waals surface area contributed by atoms with Crippen LogP contribution in [0.25, 0.3) is 11.0 Å². The minimum absolute atomic E-state index is 0.00577. The zero-order valence-corrected chi connectivity index (χ0v) is 16.6. The molecular weight excluding hydrogens is 368 g/mol. The van der Waals surface area contributed by atoms with E-state index in [1.807, 2.05) is 42.5 Å². The summed E-state index contributed by atoms with van der Waals surface area (Å²) in [6, 6.07) is 15.7. The molecule has 2 aromatic carbocycles. The smallest absolute Gasteiger partial charge is 0.329 e. The lowest BCUT2D eigenvalue weighted by atomic mass is 10.1. The summed E-state index contributed by atoms with van der Waals surface area (Å²) in [6.07, 6.45) is 0. The van der Waals surface area contributed by atoms with Gasteiger partial charge >= 0.3 is 5.69 Å². The van der Waals surface area contributed by atoms with Crippen molar-refractivity contribution in [1.82, 2.24) is 19.4 Å². The van der Waals surface area contributed by atoms with Gasteiger partial charge in [0.1, 0.15) is 6.54 Å². The van der Waals surface area contributed by atoms with Crippen LogP contribution in [0.4, 0.5) is 0 Å². The molecule has 0 bridgehead atoms. The number of carbonyl (C=O) groups is 1. The molecule has 3 aromatic rings. The van der Waals surface area contributed by atoms with Gasteiger partial charge in [-0.25, -0.2) is 4.79 Å². The number of aryl methyl sites for hydroxylation is 1. The van der Waals surface area contributed by atoms with Crippen molar-refractivity contribution < 1.29 is 9.53 Å². The highest BCUT2D eigenvalue weighted by molar-refractivity contribution is 5.80. The van der Waals surface area contributed by atoms with Crippen LogP contribution in [0.1, 0.15) is 11.1 Å². The Kier molecular flexibility index (Phi) is 5.78. The number of carbonyl (C=O) groups excluding carboxylic acids is 1. The Morgan fingerprint density at radius 3 is 2.41 bits per heavy atom. The molecule has 0 aliphatic carbocycles. The highest BCUT2D eigenvalue weighted by atomic mass is 16.5. The summed E-state index contributed by atoms with van der Waals surface area (Å²) in [4.78, 5) is 27.4. The molecule has 1 N–H and O–H groups in total. The number of fused-ring (bicyclic) bond motifs is 1. The summed E-state index contributed by atoms with van der Waals surface area (Å²) >= 11 is 0. The summed E-state index contributed by atoms with van der Waals surface area (Å²) < 4.78 is 8.50. The highest BCUT2D eigenvalue weighted by Crippen LogP contribution is 2.14. The van der Waals surface area contributed by atoms with Crippen LogP contribution in [0, 0.1) is 0 Å². The normalized spacial score (nSPS) is 14.9. The highest BCUT2D eigenvalue weighted by Gasteiger charge is 2.15. The van der Waals surface area contributed by atoms with Crippen molar-refractivity contribution in [2.45, 2.75) is 19.6 Å². The molecule has 0 saturated carbocycles. The summed E-state index contributed by atoms with van der Waals surface area (Å²) in [7, 11) is 1.72. The lowest BCUT2D eigenvalue weighted by molar-refractivity contribution is -0.121. The van der Waals surface area contributed by atoms with Crippen molar-refractivity contribution in [2.24, 2.45) is 7.05 Å². The fourth-order valence-corrected chi connectivity index (χ4v) is 3.79. The van der Waals surface area contributed by atoms with E-state index >= 15 is 0 Å². The number of nitrogens with one attached hydrogen (secondary N) is 1. The number of aromatic nitrogens is 2. The van der Waals surface area contributed by atoms with E-state index in [1.54, 1.807) is 11.6 Å². The van der Waals surface area contributed by atoms with Crippen molar-refractivity contribution in [3.8, 4) is 0 Å². The molecule has 1 aliphatic heterocycles. The second kappa shape index (κ2) is 8.63. The quantitative estimate of drug-likeness (QED) is 0.688. The third-order valence-electron chi connectivity index (χ3n) is 5.45. The zero-order valence-electron chi connectivity index (χ0n) is 16.6. The number of para-hydroxylation sites is 2. The van der Waals surface area contributed by atoms with E-state index in [1.165, 1.54) is 10.1 Å². The Morgan fingerprint density at radius 1 is 1.00 bits per heavy atom. The first-order valence-corrected chi connectivity index (χ1v) is 9.91. The van der Waals surface area contributed by atoms with Crippen LogP contribution in [0.3, 0.4) is 0 Å². The number of ether oxygens (including phenoxy) is 1. The molecule has 0 radical (unpaired) electrons. The van der Waals surface area contributed by atoms with E-state index in [2.05, 4.69) is 16.3 Å². The Morgan fingerprint density at radius 2 is 1.66 bits per heavy atom. The third-order valence-corrected chi connectivity index (χ3v) is 5.45. The van der Waals surface area contributed by atoms with Gasteiger partial charge < -0.3 is 10.1 Å². The molecule has 0 atom stereocenters. The fourth-order valence-electron chi connectivity index (χ4n) is 3.79. The average molecular weight is 394 g/mol. The molecule has 1 amide bonds.